The van der Waals surface area contributed by atoms with Crippen LogP contribution in [0.3, 0.4) is 0 Å². The molecule has 0 aliphatic carbocycles. The topological polar surface area (TPSA) is 58.6 Å². The van der Waals surface area contributed by atoms with Crippen LogP contribution in [0.2, 0.25) is 0 Å². The number of anilines is 1. The number of amides is 1. The molecule has 0 atom stereocenters. The van der Waals surface area contributed by atoms with E-state index in [0.29, 0.717) is 18.5 Å². The van der Waals surface area contributed by atoms with E-state index in [1.807, 2.05) is 17.0 Å². The lowest BCUT2D eigenvalue weighted by Gasteiger charge is -2.15. The van der Waals surface area contributed by atoms with Crippen LogP contribution in [-0.4, -0.2) is 43.5 Å². The molecule has 0 aromatic heterocycles. The van der Waals surface area contributed by atoms with Crippen LogP contribution < -0.4 is 5.32 Å². The molecule has 0 bridgehead atoms. The van der Waals surface area contributed by atoms with E-state index in [1.54, 1.807) is 12.1 Å². The maximum absolute atomic E-state index is 11.8. The van der Waals surface area contributed by atoms with Crippen molar-refractivity contribution in [3.05, 3.63) is 29.8 Å². The number of carbonyl (C=O) groups excluding carboxylic acids is 2. The summed E-state index contributed by atoms with van der Waals surface area (Å²) in [7, 11) is 1.36. The lowest BCUT2D eigenvalue weighted by molar-refractivity contribution is -0.129. The second kappa shape index (κ2) is 6.93. The van der Waals surface area contributed by atoms with Gasteiger partial charge in [0, 0.05) is 31.7 Å². The van der Waals surface area contributed by atoms with Crippen LogP contribution in [0.5, 0.6) is 0 Å². The van der Waals surface area contributed by atoms with Crippen LogP contribution in [-0.2, 0) is 9.53 Å². The zero-order chi connectivity index (χ0) is 14.4. The van der Waals surface area contributed by atoms with Gasteiger partial charge in [0.1, 0.15) is 0 Å². The molecule has 108 valence electrons. The smallest absolute Gasteiger partial charge is 0.337 e. The van der Waals surface area contributed by atoms with Crippen molar-refractivity contribution >= 4 is 17.6 Å². The van der Waals surface area contributed by atoms with E-state index in [9.17, 15) is 9.59 Å². The van der Waals surface area contributed by atoms with Crippen LogP contribution in [0.1, 0.15) is 29.6 Å². The maximum Gasteiger partial charge on any atom is 0.337 e. The zero-order valence-corrected chi connectivity index (χ0v) is 11.7. The molecule has 1 heterocycles. The zero-order valence-electron chi connectivity index (χ0n) is 11.7. The molecular weight excluding hydrogens is 256 g/mol. The Balaban J connectivity index is 1.76. The average molecular weight is 276 g/mol. The lowest BCUT2D eigenvalue weighted by atomic mass is 10.2. The van der Waals surface area contributed by atoms with E-state index in [1.165, 1.54) is 7.11 Å². The minimum atomic E-state index is -0.347. The summed E-state index contributed by atoms with van der Waals surface area (Å²) in [5.41, 5.74) is 1.41. The standard InChI is InChI=1S/C15H20N2O3/c1-20-15(19)12-4-6-13(7-5-12)16-9-8-14(18)17-10-2-3-11-17/h4-7,16H,2-3,8-11H2,1H3. The van der Waals surface area contributed by atoms with Crippen LogP contribution in [0, 0.1) is 0 Å². The highest BCUT2D eigenvalue weighted by Gasteiger charge is 2.16. The predicted octanol–water partition coefficient (Wildman–Crippen LogP) is 1.90. The fourth-order valence-electron chi connectivity index (χ4n) is 2.28. The molecule has 1 fully saturated rings. The van der Waals surface area contributed by atoms with Gasteiger partial charge in [-0.05, 0) is 37.1 Å². The summed E-state index contributed by atoms with van der Waals surface area (Å²) in [6.45, 7) is 2.40. The molecule has 0 saturated carbocycles. The summed E-state index contributed by atoms with van der Waals surface area (Å²) < 4.78 is 4.64. The Kier molecular flexibility index (Phi) is 4.98. The molecule has 1 aromatic rings. The van der Waals surface area contributed by atoms with Crippen LogP contribution in [0.25, 0.3) is 0 Å². The Hall–Kier alpha value is -2.04. The Morgan fingerprint density at radius 2 is 1.85 bits per heavy atom. The first-order valence-corrected chi connectivity index (χ1v) is 6.91. The van der Waals surface area contributed by atoms with Gasteiger partial charge in [0.15, 0.2) is 0 Å². The Labute approximate surface area is 118 Å². The summed E-state index contributed by atoms with van der Waals surface area (Å²) >= 11 is 0. The van der Waals surface area contributed by atoms with Gasteiger partial charge in [-0.3, -0.25) is 4.79 Å². The number of benzene rings is 1. The quantitative estimate of drug-likeness (QED) is 0.834. The van der Waals surface area contributed by atoms with Crippen molar-refractivity contribution in [1.82, 2.24) is 4.90 Å². The van der Waals surface area contributed by atoms with Gasteiger partial charge in [0.25, 0.3) is 0 Å². The number of nitrogens with zero attached hydrogens (tertiary/aromatic N) is 1. The largest absolute Gasteiger partial charge is 0.465 e. The Bertz CT molecular complexity index is 465. The van der Waals surface area contributed by atoms with Crippen molar-refractivity contribution in [2.75, 3.05) is 32.1 Å². The van der Waals surface area contributed by atoms with Crippen LogP contribution in [0.15, 0.2) is 24.3 Å². The number of ether oxygens (including phenoxy) is 1. The fraction of sp³-hybridized carbons (Fsp3) is 0.467. The van der Waals surface area contributed by atoms with Gasteiger partial charge in [0.2, 0.25) is 5.91 Å². The van der Waals surface area contributed by atoms with Gasteiger partial charge >= 0.3 is 5.97 Å². The molecule has 0 spiro atoms. The number of esters is 1. The van der Waals surface area contributed by atoms with Crippen LogP contribution in [0.4, 0.5) is 5.69 Å². The Morgan fingerprint density at radius 1 is 1.20 bits per heavy atom. The summed E-state index contributed by atoms with van der Waals surface area (Å²) in [4.78, 5) is 25.0. The molecule has 5 heteroatoms. The third-order valence-corrected chi connectivity index (χ3v) is 3.43. The number of nitrogens with one attached hydrogen (secondary N) is 1. The molecule has 1 aliphatic heterocycles. The minimum absolute atomic E-state index is 0.209. The molecule has 1 N–H and O–H groups in total. The van der Waals surface area contributed by atoms with E-state index < -0.39 is 0 Å². The number of methoxy groups -OCH3 is 1. The molecular formula is C15H20N2O3. The van der Waals surface area contributed by atoms with E-state index in [-0.39, 0.29) is 11.9 Å². The van der Waals surface area contributed by atoms with Gasteiger partial charge in [-0.25, -0.2) is 4.79 Å². The second-order valence-electron chi connectivity index (χ2n) is 4.83. The van der Waals surface area contributed by atoms with Gasteiger partial charge in [-0.2, -0.15) is 0 Å². The van der Waals surface area contributed by atoms with Crippen LogP contribution >= 0.6 is 0 Å². The molecule has 2 rings (SSSR count). The van der Waals surface area contributed by atoms with Crippen molar-refractivity contribution in [1.29, 1.82) is 0 Å². The summed E-state index contributed by atoms with van der Waals surface area (Å²) in [6.07, 6.45) is 2.74. The number of hydrogen-bond donors (Lipinski definition) is 1. The number of hydrogen-bond acceptors (Lipinski definition) is 4. The van der Waals surface area contributed by atoms with Crippen molar-refractivity contribution in [3.63, 3.8) is 0 Å². The maximum atomic E-state index is 11.8. The molecule has 20 heavy (non-hydrogen) atoms. The highest BCUT2D eigenvalue weighted by atomic mass is 16.5. The predicted molar refractivity (Wildman–Crippen MR) is 76.7 cm³/mol. The van der Waals surface area contributed by atoms with Crippen molar-refractivity contribution in [3.8, 4) is 0 Å². The first-order valence-electron chi connectivity index (χ1n) is 6.91. The summed E-state index contributed by atoms with van der Waals surface area (Å²) in [5, 5.41) is 3.18. The monoisotopic (exact) mass is 276 g/mol. The second-order valence-corrected chi connectivity index (χ2v) is 4.83. The van der Waals surface area contributed by atoms with E-state index in [0.717, 1.165) is 31.6 Å². The van der Waals surface area contributed by atoms with Gasteiger partial charge < -0.3 is 15.0 Å². The minimum Gasteiger partial charge on any atom is -0.465 e. The molecule has 1 saturated heterocycles. The molecule has 1 amide bonds. The third kappa shape index (κ3) is 3.73. The summed E-state index contributed by atoms with van der Waals surface area (Å²) in [5.74, 6) is -0.137. The molecule has 0 radical (unpaired) electrons. The molecule has 1 aliphatic rings. The fourth-order valence-corrected chi connectivity index (χ4v) is 2.28. The molecule has 5 nitrogen and oxygen atoms in total. The van der Waals surface area contributed by atoms with E-state index in [4.69, 9.17) is 0 Å². The van der Waals surface area contributed by atoms with Gasteiger partial charge in [-0.15, -0.1) is 0 Å². The highest BCUT2D eigenvalue weighted by Crippen LogP contribution is 2.12. The Morgan fingerprint density at radius 3 is 2.45 bits per heavy atom. The van der Waals surface area contributed by atoms with E-state index >= 15 is 0 Å². The van der Waals surface area contributed by atoms with Gasteiger partial charge in [0.05, 0.1) is 12.7 Å². The third-order valence-electron chi connectivity index (χ3n) is 3.43. The lowest BCUT2D eigenvalue weighted by Crippen LogP contribution is -2.29. The molecule has 1 aromatic carbocycles. The van der Waals surface area contributed by atoms with Crippen molar-refractivity contribution < 1.29 is 14.3 Å². The van der Waals surface area contributed by atoms with Crippen molar-refractivity contribution in [2.45, 2.75) is 19.3 Å². The first-order chi connectivity index (χ1) is 9.70. The number of carbonyl (C=O) groups is 2. The summed E-state index contributed by atoms with van der Waals surface area (Å²) in [6, 6.07) is 7.03. The van der Waals surface area contributed by atoms with Crippen molar-refractivity contribution in [2.24, 2.45) is 0 Å². The molecule has 0 unspecified atom stereocenters. The van der Waals surface area contributed by atoms with Gasteiger partial charge in [-0.1, -0.05) is 0 Å². The number of rotatable bonds is 5. The number of likely N-dealkylation sites (tertiary alicyclic amines) is 1. The highest BCUT2D eigenvalue weighted by molar-refractivity contribution is 5.89. The SMILES string of the molecule is COC(=O)c1ccc(NCCC(=O)N2CCCC2)cc1. The normalized spacial score (nSPS) is 14.2. The first kappa shape index (κ1) is 14.4. The average Bonchev–Trinajstić information content (AvgIpc) is 3.01. The van der Waals surface area contributed by atoms with E-state index in [2.05, 4.69) is 10.1 Å².